The monoisotopic (exact) mass is 487 g/mol. The predicted molar refractivity (Wildman–Crippen MR) is 132 cm³/mol. The first-order valence-corrected chi connectivity index (χ1v) is 11.6. The van der Waals surface area contributed by atoms with Gasteiger partial charge in [0.05, 0.1) is 21.4 Å². The van der Waals surface area contributed by atoms with E-state index in [2.05, 4.69) is 0 Å². The molecule has 2 heterocycles. The van der Waals surface area contributed by atoms with Gasteiger partial charge in [-0.2, -0.15) is 13.2 Å². The predicted octanol–water partition coefficient (Wildman–Crippen LogP) is 7.54. The lowest BCUT2D eigenvalue weighted by Crippen LogP contribution is -2.04. The van der Waals surface area contributed by atoms with Gasteiger partial charge in [0.1, 0.15) is 0 Å². The summed E-state index contributed by atoms with van der Waals surface area (Å²) in [4.78, 5) is 26.8. The van der Waals surface area contributed by atoms with Gasteiger partial charge >= 0.3 is 6.18 Å². The second kappa shape index (κ2) is 7.52. The van der Waals surface area contributed by atoms with Crippen molar-refractivity contribution in [1.29, 1.82) is 0 Å². The van der Waals surface area contributed by atoms with Gasteiger partial charge < -0.3 is 4.57 Å². The van der Waals surface area contributed by atoms with Crippen LogP contribution in [-0.2, 0) is 13.2 Å². The summed E-state index contributed by atoms with van der Waals surface area (Å²) in [6.45, 7) is 0. The van der Waals surface area contributed by atoms with Crippen LogP contribution in [0.2, 0.25) is 0 Å². The van der Waals surface area contributed by atoms with Crippen molar-refractivity contribution >= 4 is 50.0 Å². The molecule has 0 bridgehead atoms. The Balaban J connectivity index is 1.36. The van der Waals surface area contributed by atoms with E-state index in [0.29, 0.717) is 16.7 Å². The molecule has 2 aromatic heterocycles. The minimum Gasteiger partial charge on any atom is -0.343 e. The number of benzene rings is 3. The third-order valence-corrected chi connectivity index (χ3v) is 7.43. The van der Waals surface area contributed by atoms with E-state index in [1.165, 1.54) is 23.5 Å². The van der Waals surface area contributed by atoms with Crippen molar-refractivity contribution in [2.75, 3.05) is 0 Å². The maximum atomic E-state index is 13.0. The fourth-order valence-corrected chi connectivity index (χ4v) is 5.66. The molecule has 172 valence electrons. The van der Waals surface area contributed by atoms with E-state index in [0.717, 1.165) is 43.7 Å². The molecule has 6 rings (SSSR count). The number of aryl methyl sites for hydroxylation is 1. The van der Waals surface area contributed by atoms with Crippen LogP contribution in [0.4, 0.5) is 13.2 Å². The fourth-order valence-electron chi connectivity index (χ4n) is 4.59. The number of carbonyl (C=O) groups excluding carboxylic acids is 2. The second-order valence-electron chi connectivity index (χ2n) is 8.52. The molecule has 0 unspecified atom stereocenters. The van der Waals surface area contributed by atoms with Crippen LogP contribution >= 0.6 is 11.3 Å². The lowest BCUT2D eigenvalue weighted by Gasteiger charge is -2.08. The second-order valence-corrected chi connectivity index (χ2v) is 9.64. The number of fused-ring (bicyclic) bond motifs is 3. The van der Waals surface area contributed by atoms with Gasteiger partial charge in [0, 0.05) is 28.7 Å². The molecular formula is C28H16F3NO2S. The molecule has 3 aromatic carbocycles. The van der Waals surface area contributed by atoms with Crippen molar-refractivity contribution in [3.05, 3.63) is 99.9 Å². The number of halogens is 3. The molecule has 0 aliphatic heterocycles. The van der Waals surface area contributed by atoms with Crippen molar-refractivity contribution in [2.24, 2.45) is 7.05 Å². The van der Waals surface area contributed by atoms with Crippen molar-refractivity contribution in [2.45, 2.75) is 6.18 Å². The molecule has 0 saturated carbocycles. The number of hydrogen-bond donors (Lipinski definition) is 0. The van der Waals surface area contributed by atoms with Crippen LogP contribution in [-0.4, -0.2) is 16.1 Å². The van der Waals surface area contributed by atoms with Gasteiger partial charge in [-0.3, -0.25) is 9.59 Å². The number of nitrogens with zero attached hydrogens (tertiary/aromatic N) is 1. The van der Waals surface area contributed by atoms with Gasteiger partial charge in [0.25, 0.3) is 0 Å². The maximum absolute atomic E-state index is 13.0. The van der Waals surface area contributed by atoms with E-state index in [4.69, 9.17) is 0 Å². The molecule has 0 amide bonds. The summed E-state index contributed by atoms with van der Waals surface area (Å²) in [6.07, 6.45) is -2.74. The van der Waals surface area contributed by atoms with E-state index in [-0.39, 0.29) is 17.1 Å². The number of aromatic nitrogens is 1. The first-order valence-electron chi connectivity index (χ1n) is 10.8. The summed E-state index contributed by atoms with van der Waals surface area (Å²) in [5.41, 5.74) is 2.63. The fraction of sp³-hybridized carbons (Fsp3) is 0.0714. The van der Waals surface area contributed by atoms with Gasteiger partial charge in [-0.15, -0.1) is 11.3 Å². The van der Waals surface area contributed by atoms with Crippen molar-refractivity contribution in [3.8, 4) is 11.3 Å². The van der Waals surface area contributed by atoms with Crippen LogP contribution in [0, 0.1) is 0 Å². The maximum Gasteiger partial charge on any atom is 0.416 e. The molecule has 35 heavy (non-hydrogen) atoms. The summed E-state index contributed by atoms with van der Waals surface area (Å²) in [6, 6.07) is 20.0. The largest absolute Gasteiger partial charge is 0.416 e. The third-order valence-electron chi connectivity index (χ3n) is 6.41. The number of alkyl halides is 3. The highest BCUT2D eigenvalue weighted by Gasteiger charge is 2.33. The molecule has 5 aromatic rings. The zero-order valence-electron chi connectivity index (χ0n) is 18.3. The number of thiophene rings is 1. The van der Waals surface area contributed by atoms with Gasteiger partial charge in [0.15, 0.2) is 11.6 Å². The minimum absolute atomic E-state index is 0.143. The zero-order valence-corrected chi connectivity index (χ0v) is 19.1. The highest BCUT2D eigenvalue weighted by molar-refractivity contribution is 7.19. The summed E-state index contributed by atoms with van der Waals surface area (Å²) < 4.78 is 41.5. The van der Waals surface area contributed by atoms with E-state index in [1.54, 1.807) is 18.2 Å². The van der Waals surface area contributed by atoms with Crippen molar-refractivity contribution < 1.29 is 22.8 Å². The van der Waals surface area contributed by atoms with Gasteiger partial charge in [-0.05, 0) is 58.8 Å². The Morgan fingerprint density at radius 3 is 1.97 bits per heavy atom. The van der Waals surface area contributed by atoms with E-state index < -0.39 is 11.7 Å². The molecule has 1 aliphatic rings. The molecule has 0 spiro atoms. The van der Waals surface area contributed by atoms with Gasteiger partial charge in [0.2, 0.25) is 0 Å². The topological polar surface area (TPSA) is 39.1 Å². The minimum atomic E-state index is -4.38. The quantitative estimate of drug-likeness (QED) is 0.191. The molecule has 0 fully saturated rings. The number of hydrogen-bond acceptors (Lipinski definition) is 3. The zero-order chi connectivity index (χ0) is 24.5. The first-order chi connectivity index (χ1) is 16.7. The standard InChI is InChI=1S/C28H16F3NO2S/c1-32-23(15-6-8-18(9-7-15)28(29,30)31)14-25-24(32)13-19(35-25)12-22-26(33)20-10-16-4-2-3-5-17(16)11-21(20)27(22)34/h2-14H,1H3. The SMILES string of the molecule is Cn1c(-c2ccc(C(F)(F)F)cc2)cc2sc(C=C3C(=O)c4cc5ccccc5cc4C3=O)cc21. The molecule has 0 saturated heterocycles. The average molecular weight is 488 g/mol. The highest BCUT2D eigenvalue weighted by atomic mass is 32.1. The van der Waals surface area contributed by atoms with Crippen LogP contribution in [0.15, 0.2) is 78.4 Å². The Labute approximate surface area is 201 Å². The van der Waals surface area contributed by atoms with E-state index >= 15 is 0 Å². The molecule has 0 atom stereocenters. The lowest BCUT2D eigenvalue weighted by atomic mass is 10.0. The number of carbonyl (C=O) groups is 2. The van der Waals surface area contributed by atoms with Crippen LogP contribution in [0.5, 0.6) is 0 Å². The Hall–Kier alpha value is -3.97. The molecule has 3 nitrogen and oxygen atoms in total. The lowest BCUT2D eigenvalue weighted by molar-refractivity contribution is -0.137. The van der Waals surface area contributed by atoms with E-state index in [1.807, 2.05) is 48.0 Å². The average Bonchev–Trinajstić information content (AvgIpc) is 3.45. The number of allylic oxidation sites excluding steroid dienone is 1. The van der Waals surface area contributed by atoms with E-state index in [9.17, 15) is 22.8 Å². The Kier molecular flexibility index (Phi) is 4.63. The molecular weight excluding hydrogens is 471 g/mol. The highest BCUT2D eigenvalue weighted by Crippen LogP contribution is 2.37. The summed E-state index contributed by atoms with van der Waals surface area (Å²) in [5, 5.41) is 1.82. The van der Waals surface area contributed by atoms with Gasteiger partial charge in [-0.1, -0.05) is 36.4 Å². The van der Waals surface area contributed by atoms with Crippen LogP contribution < -0.4 is 0 Å². The number of Topliss-reactive ketones (excluding diaryl/α,β-unsaturated/α-hetero) is 2. The Morgan fingerprint density at radius 2 is 1.43 bits per heavy atom. The Morgan fingerprint density at radius 1 is 0.829 bits per heavy atom. The normalized spacial score (nSPS) is 13.8. The molecule has 1 aliphatic carbocycles. The summed E-state index contributed by atoms with van der Waals surface area (Å²) in [5.74, 6) is -0.558. The smallest absolute Gasteiger partial charge is 0.343 e. The van der Waals surface area contributed by atoms with Crippen LogP contribution in [0.3, 0.4) is 0 Å². The van der Waals surface area contributed by atoms with Crippen molar-refractivity contribution in [3.63, 3.8) is 0 Å². The summed E-state index contributed by atoms with van der Waals surface area (Å²) in [7, 11) is 1.84. The van der Waals surface area contributed by atoms with Crippen LogP contribution in [0.25, 0.3) is 38.3 Å². The third kappa shape index (κ3) is 3.42. The molecule has 0 N–H and O–H groups in total. The Bertz CT molecular complexity index is 1660. The summed E-state index contributed by atoms with van der Waals surface area (Å²) >= 11 is 1.43. The number of ketones is 2. The first kappa shape index (κ1) is 21.6. The van der Waals surface area contributed by atoms with Crippen LogP contribution in [0.1, 0.15) is 31.2 Å². The molecule has 7 heteroatoms. The molecule has 0 radical (unpaired) electrons. The van der Waals surface area contributed by atoms with Gasteiger partial charge in [-0.25, -0.2) is 0 Å². The number of rotatable bonds is 2. The van der Waals surface area contributed by atoms with Crippen molar-refractivity contribution in [1.82, 2.24) is 4.57 Å².